The number of hydrogen-bond acceptors (Lipinski definition) is 3. The molecule has 0 amide bonds. The zero-order chi connectivity index (χ0) is 22.7. The van der Waals surface area contributed by atoms with Crippen LogP contribution in [0.5, 0.6) is 17.2 Å². The highest BCUT2D eigenvalue weighted by Crippen LogP contribution is 2.39. The summed E-state index contributed by atoms with van der Waals surface area (Å²) in [6.45, 7) is 14.9. The molecule has 30 heavy (non-hydrogen) atoms. The molecule has 0 fully saturated rings. The average Bonchev–Trinajstić information content (AvgIpc) is 2.63. The summed E-state index contributed by atoms with van der Waals surface area (Å²) < 4.78 is 0. The lowest BCUT2D eigenvalue weighted by Crippen LogP contribution is -2.17. The van der Waals surface area contributed by atoms with E-state index < -0.39 is 0 Å². The van der Waals surface area contributed by atoms with Crippen LogP contribution in [-0.4, -0.2) is 15.3 Å². The maximum absolute atomic E-state index is 10.4. The largest absolute Gasteiger partial charge is 0.507 e. The van der Waals surface area contributed by atoms with Crippen LogP contribution < -0.4 is 0 Å². The molecule has 0 saturated carbocycles. The molecular formula is C27H34O3. The van der Waals surface area contributed by atoms with Gasteiger partial charge in [0.1, 0.15) is 17.2 Å². The van der Waals surface area contributed by atoms with Gasteiger partial charge in [0.2, 0.25) is 0 Å². The second-order valence-electron chi connectivity index (χ2n) is 9.74. The van der Waals surface area contributed by atoms with Crippen LogP contribution in [0.15, 0.2) is 60.7 Å². The summed E-state index contributed by atoms with van der Waals surface area (Å²) in [6, 6.07) is 18.0. The first-order valence-corrected chi connectivity index (χ1v) is 10.2. The Hall–Kier alpha value is -2.94. The molecule has 0 bridgehead atoms. The van der Waals surface area contributed by atoms with Gasteiger partial charge in [-0.15, -0.1) is 0 Å². The quantitative estimate of drug-likeness (QED) is 0.405. The Balaban J connectivity index is 0.000000215. The average molecular weight is 407 g/mol. The van der Waals surface area contributed by atoms with E-state index in [4.69, 9.17) is 0 Å². The van der Waals surface area contributed by atoms with Gasteiger partial charge < -0.3 is 15.3 Å². The fraction of sp³-hybridized carbons (Fsp3) is 0.333. The summed E-state index contributed by atoms with van der Waals surface area (Å²) in [5, 5.41) is 29.5. The van der Waals surface area contributed by atoms with Crippen LogP contribution in [0.25, 0.3) is 11.1 Å². The van der Waals surface area contributed by atoms with E-state index in [1.165, 1.54) is 5.56 Å². The smallest absolute Gasteiger partial charge is 0.123 e. The Bertz CT molecular complexity index is 927. The number of rotatable bonds is 1. The van der Waals surface area contributed by atoms with Crippen molar-refractivity contribution >= 4 is 0 Å². The summed E-state index contributed by atoms with van der Waals surface area (Å²) in [5.74, 6) is 0.814. The molecule has 0 aliphatic heterocycles. The fourth-order valence-electron chi connectivity index (χ4n) is 3.33. The summed E-state index contributed by atoms with van der Waals surface area (Å²) in [6.07, 6.45) is 0. The highest BCUT2D eigenvalue weighted by molar-refractivity contribution is 5.74. The number of phenols is 3. The first-order chi connectivity index (χ1) is 13.8. The molecule has 0 saturated heterocycles. The number of para-hydroxylation sites is 2. The van der Waals surface area contributed by atoms with Crippen molar-refractivity contribution in [3.05, 3.63) is 77.4 Å². The van der Waals surface area contributed by atoms with Gasteiger partial charge in [0.15, 0.2) is 0 Å². The fourth-order valence-corrected chi connectivity index (χ4v) is 3.33. The zero-order valence-corrected chi connectivity index (χ0v) is 19.1. The van der Waals surface area contributed by atoms with Crippen LogP contribution in [0.1, 0.15) is 58.2 Å². The van der Waals surface area contributed by atoms with E-state index >= 15 is 0 Å². The number of hydrogen-bond donors (Lipinski definition) is 3. The first kappa shape index (κ1) is 23.3. The minimum absolute atomic E-state index is 0.0178. The normalized spacial score (nSPS) is 11.6. The van der Waals surface area contributed by atoms with Crippen LogP contribution in [0.2, 0.25) is 0 Å². The van der Waals surface area contributed by atoms with E-state index in [2.05, 4.69) is 60.6 Å². The van der Waals surface area contributed by atoms with Gasteiger partial charge in [0.25, 0.3) is 0 Å². The molecule has 3 heteroatoms. The van der Waals surface area contributed by atoms with Crippen LogP contribution in [-0.2, 0) is 10.8 Å². The Morgan fingerprint density at radius 3 is 1.20 bits per heavy atom. The summed E-state index contributed by atoms with van der Waals surface area (Å²) in [7, 11) is 0. The van der Waals surface area contributed by atoms with E-state index in [0.717, 1.165) is 11.1 Å². The minimum Gasteiger partial charge on any atom is -0.507 e. The molecule has 3 rings (SSSR count). The number of benzene rings is 3. The van der Waals surface area contributed by atoms with Crippen LogP contribution in [0.4, 0.5) is 0 Å². The molecule has 0 radical (unpaired) electrons. The lowest BCUT2D eigenvalue weighted by Gasteiger charge is -2.27. The van der Waals surface area contributed by atoms with Gasteiger partial charge in [-0.3, -0.25) is 0 Å². The first-order valence-electron chi connectivity index (χ1n) is 10.2. The Kier molecular flexibility index (Phi) is 6.87. The van der Waals surface area contributed by atoms with Gasteiger partial charge in [0.05, 0.1) is 0 Å². The topological polar surface area (TPSA) is 60.7 Å². The monoisotopic (exact) mass is 406 g/mol. The maximum Gasteiger partial charge on any atom is 0.123 e. The van der Waals surface area contributed by atoms with Crippen molar-refractivity contribution < 1.29 is 15.3 Å². The second kappa shape index (κ2) is 8.83. The van der Waals surface area contributed by atoms with Crippen molar-refractivity contribution in [3.63, 3.8) is 0 Å². The molecule has 3 aromatic rings. The maximum atomic E-state index is 10.4. The van der Waals surface area contributed by atoms with E-state index in [-0.39, 0.29) is 22.3 Å². The molecule has 0 heterocycles. The highest BCUT2D eigenvalue weighted by atomic mass is 16.3. The molecule has 0 unspecified atom stereocenters. The van der Waals surface area contributed by atoms with E-state index in [1.807, 2.05) is 12.1 Å². The third-order valence-electron chi connectivity index (χ3n) is 4.97. The zero-order valence-electron chi connectivity index (χ0n) is 19.1. The van der Waals surface area contributed by atoms with E-state index in [1.54, 1.807) is 36.4 Å². The lowest BCUT2D eigenvalue weighted by molar-refractivity contribution is 0.423. The minimum atomic E-state index is -0.0178. The summed E-state index contributed by atoms with van der Waals surface area (Å²) in [4.78, 5) is 0. The Morgan fingerprint density at radius 1 is 0.567 bits per heavy atom. The van der Waals surface area contributed by atoms with Crippen molar-refractivity contribution in [2.45, 2.75) is 59.3 Å². The van der Waals surface area contributed by atoms with Crippen molar-refractivity contribution in [1.82, 2.24) is 0 Å². The number of aromatic hydroxyl groups is 3. The number of phenolic OH excluding ortho intramolecular Hbond substituents is 3. The van der Waals surface area contributed by atoms with Crippen LogP contribution in [0, 0.1) is 6.92 Å². The van der Waals surface area contributed by atoms with Crippen molar-refractivity contribution in [3.8, 4) is 28.4 Å². The highest BCUT2D eigenvalue weighted by Gasteiger charge is 2.25. The predicted molar refractivity (Wildman–Crippen MR) is 125 cm³/mol. The van der Waals surface area contributed by atoms with Crippen LogP contribution in [0.3, 0.4) is 0 Å². The molecule has 3 aromatic carbocycles. The molecule has 0 aliphatic rings. The van der Waals surface area contributed by atoms with Gasteiger partial charge in [-0.05, 0) is 41.0 Å². The van der Waals surface area contributed by atoms with E-state index in [0.29, 0.717) is 16.9 Å². The summed E-state index contributed by atoms with van der Waals surface area (Å²) in [5.41, 5.74) is 4.55. The van der Waals surface area contributed by atoms with Crippen LogP contribution >= 0.6 is 0 Å². The molecule has 0 spiro atoms. The van der Waals surface area contributed by atoms with Gasteiger partial charge in [-0.25, -0.2) is 0 Å². The third-order valence-corrected chi connectivity index (χ3v) is 4.97. The second-order valence-corrected chi connectivity index (χ2v) is 9.74. The molecule has 0 aromatic heterocycles. The van der Waals surface area contributed by atoms with E-state index in [9.17, 15) is 15.3 Å². The summed E-state index contributed by atoms with van der Waals surface area (Å²) >= 11 is 0. The van der Waals surface area contributed by atoms with Gasteiger partial charge in [0, 0.05) is 11.1 Å². The van der Waals surface area contributed by atoms with Gasteiger partial charge >= 0.3 is 0 Å². The molecule has 0 aliphatic carbocycles. The predicted octanol–water partition coefficient (Wildman–Crippen LogP) is 7.06. The van der Waals surface area contributed by atoms with Gasteiger partial charge in [-0.2, -0.15) is 0 Å². The third kappa shape index (κ3) is 5.56. The number of aryl methyl sites for hydroxylation is 1. The molecule has 3 N–H and O–H groups in total. The molecule has 0 atom stereocenters. The Labute approximate surface area is 180 Å². The SMILES string of the molecule is Cc1cc(C(C)(C)C)c(O)c(C(C)(C)C)c1.Oc1ccccc1-c1ccccc1O. The lowest BCUT2D eigenvalue weighted by atomic mass is 9.78. The van der Waals surface area contributed by atoms with Crippen molar-refractivity contribution in [2.24, 2.45) is 0 Å². The van der Waals surface area contributed by atoms with Crippen molar-refractivity contribution in [2.75, 3.05) is 0 Å². The van der Waals surface area contributed by atoms with Crippen molar-refractivity contribution in [1.29, 1.82) is 0 Å². The molecule has 3 nitrogen and oxygen atoms in total. The Morgan fingerprint density at radius 2 is 0.900 bits per heavy atom. The van der Waals surface area contributed by atoms with Gasteiger partial charge in [-0.1, -0.05) is 95.6 Å². The molecular weight excluding hydrogens is 372 g/mol. The molecule has 160 valence electrons. The standard InChI is InChI=1S/C15H24O.C12H10O2/c1-10-8-11(14(2,3)4)13(16)12(9-10)15(5,6)7;13-11-7-3-1-5-9(11)10-6-2-4-8-12(10)14/h8-9,16H,1-7H3;1-8,13-14H.